The van der Waals surface area contributed by atoms with Gasteiger partial charge in [-0.1, -0.05) is 15.9 Å². The smallest absolute Gasteiger partial charge is 0.335 e. The summed E-state index contributed by atoms with van der Waals surface area (Å²) in [6, 6.07) is 7.93. The first-order valence-electron chi connectivity index (χ1n) is 5.99. The molecule has 0 fully saturated rings. The molecule has 0 spiro atoms. The molecule has 0 aliphatic carbocycles. The number of pyridine rings is 1. The van der Waals surface area contributed by atoms with E-state index in [-0.39, 0.29) is 12.1 Å². The molecule has 1 aromatic carbocycles. The number of rotatable bonds is 5. The van der Waals surface area contributed by atoms with Gasteiger partial charge in [0.05, 0.1) is 23.4 Å². The van der Waals surface area contributed by atoms with E-state index in [0.29, 0.717) is 16.9 Å². The molecule has 0 radical (unpaired) electrons. The third kappa shape index (κ3) is 3.79. The van der Waals surface area contributed by atoms with E-state index in [1.807, 2.05) is 0 Å². The van der Waals surface area contributed by atoms with Gasteiger partial charge in [0.2, 0.25) is 0 Å². The summed E-state index contributed by atoms with van der Waals surface area (Å²) in [5.41, 5.74) is 6.92. The highest BCUT2D eigenvalue weighted by Gasteiger charge is 2.09. The maximum absolute atomic E-state index is 11.4. The summed E-state index contributed by atoms with van der Waals surface area (Å²) in [5, 5.41) is 12.0. The van der Waals surface area contributed by atoms with Crippen molar-refractivity contribution in [3.63, 3.8) is 0 Å². The number of hydrogen-bond acceptors (Lipinski definition) is 4. The van der Waals surface area contributed by atoms with Crippen molar-refractivity contribution in [3.8, 4) is 0 Å². The number of amides is 1. The van der Waals surface area contributed by atoms with Crippen LogP contribution in [-0.4, -0.2) is 22.0 Å². The van der Waals surface area contributed by atoms with Crippen LogP contribution >= 0.6 is 15.9 Å². The zero-order valence-corrected chi connectivity index (χ0v) is 12.4. The van der Waals surface area contributed by atoms with Gasteiger partial charge in [0.15, 0.2) is 0 Å². The first kappa shape index (κ1) is 15.0. The molecule has 0 aliphatic rings. The summed E-state index contributed by atoms with van der Waals surface area (Å²) < 4.78 is 0.794. The van der Waals surface area contributed by atoms with E-state index in [2.05, 4.69) is 26.2 Å². The lowest BCUT2D eigenvalue weighted by Gasteiger charge is -2.10. The van der Waals surface area contributed by atoms with Gasteiger partial charge < -0.3 is 16.2 Å². The first-order valence-corrected chi connectivity index (χ1v) is 6.78. The van der Waals surface area contributed by atoms with Gasteiger partial charge in [0.25, 0.3) is 5.91 Å². The number of anilines is 1. The lowest BCUT2D eigenvalue weighted by Crippen LogP contribution is -2.14. The Kier molecular flexibility index (Phi) is 4.54. The van der Waals surface area contributed by atoms with Crippen LogP contribution in [0.5, 0.6) is 0 Å². The third-order valence-corrected chi connectivity index (χ3v) is 3.26. The minimum Gasteiger partial charge on any atom is -0.478 e. The first-order chi connectivity index (χ1) is 9.97. The van der Waals surface area contributed by atoms with Crippen LogP contribution in [0.1, 0.15) is 26.4 Å². The van der Waals surface area contributed by atoms with Crippen molar-refractivity contribution in [1.82, 2.24) is 4.98 Å². The second-order valence-electron chi connectivity index (χ2n) is 4.25. The quantitative estimate of drug-likeness (QED) is 0.767. The molecule has 4 N–H and O–H groups in total. The van der Waals surface area contributed by atoms with Crippen LogP contribution in [0, 0.1) is 0 Å². The fraction of sp³-hybridized carbons (Fsp3) is 0.0714. The Morgan fingerprint density at radius 3 is 2.71 bits per heavy atom. The van der Waals surface area contributed by atoms with Crippen LogP contribution in [0.3, 0.4) is 0 Å². The van der Waals surface area contributed by atoms with Crippen molar-refractivity contribution < 1.29 is 14.7 Å². The number of nitrogens with two attached hydrogens (primary N) is 1. The van der Waals surface area contributed by atoms with E-state index in [9.17, 15) is 9.59 Å². The van der Waals surface area contributed by atoms with Crippen molar-refractivity contribution in [2.75, 3.05) is 5.32 Å². The molecule has 0 saturated carbocycles. The number of carboxylic acid groups (broad SMARTS) is 1. The molecule has 0 unspecified atom stereocenters. The summed E-state index contributed by atoms with van der Waals surface area (Å²) in [6.07, 6.45) is 1.43. The Morgan fingerprint density at radius 2 is 2.05 bits per heavy atom. The van der Waals surface area contributed by atoms with Crippen LogP contribution in [-0.2, 0) is 6.54 Å². The molecule has 7 heteroatoms. The molecule has 21 heavy (non-hydrogen) atoms. The van der Waals surface area contributed by atoms with Gasteiger partial charge in [0, 0.05) is 16.4 Å². The second-order valence-corrected chi connectivity index (χ2v) is 5.16. The van der Waals surface area contributed by atoms with Gasteiger partial charge in [-0.15, -0.1) is 0 Å². The normalized spacial score (nSPS) is 10.1. The molecule has 1 heterocycles. The number of nitrogens with one attached hydrogen (secondary N) is 1. The largest absolute Gasteiger partial charge is 0.478 e. The molecule has 0 saturated heterocycles. The summed E-state index contributed by atoms with van der Waals surface area (Å²) in [7, 11) is 0. The molecule has 0 atom stereocenters. The molecule has 108 valence electrons. The summed E-state index contributed by atoms with van der Waals surface area (Å²) in [4.78, 5) is 26.3. The zero-order chi connectivity index (χ0) is 15.4. The maximum Gasteiger partial charge on any atom is 0.335 e. The number of aromatic nitrogens is 1. The number of halogens is 1. The van der Waals surface area contributed by atoms with E-state index < -0.39 is 11.9 Å². The van der Waals surface area contributed by atoms with Crippen LogP contribution in [0.2, 0.25) is 0 Å². The van der Waals surface area contributed by atoms with E-state index in [4.69, 9.17) is 10.8 Å². The monoisotopic (exact) mass is 349 g/mol. The van der Waals surface area contributed by atoms with E-state index in [1.54, 1.807) is 18.2 Å². The standard InChI is InChI=1S/C14H12BrN3O3/c15-9-1-2-11(13(16)19)12(6-9)18-7-10-5-8(14(20)21)3-4-17-10/h1-6,18H,7H2,(H2,16,19)(H,20,21). The molecule has 1 amide bonds. The maximum atomic E-state index is 11.4. The van der Waals surface area contributed by atoms with Gasteiger partial charge in [-0.2, -0.15) is 0 Å². The second kappa shape index (κ2) is 6.36. The SMILES string of the molecule is NC(=O)c1ccc(Br)cc1NCc1cc(C(=O)O)ccn1. The average Bonchev–Trinajstić information content (AvgIpc) is 2.45. The van der Waals surface area contributed by atoms with E-state index >= 15 is 0 Å². The van der Waals surface area contributed by atoms with Crippen molar-refractivity contribution in [3.05, 3.63) is 57.8 Å². The number of nitrogens with zero attached hydrogens (tertiary/aromatic N) is 1. The predicted octanol–water partition coefficient (Wildman–Crippen LogP) is 2.25. The number of carbonyl (C=O) groups is 2. The minimum atomic E-state index is -1.01. The lowest BCUT2D eigenvalue weighted by atomic mass is 10.1. The Balaban J connectivity index is 2.20. The van der Waals surface area contributed by atoms with E-state index in [0.717, 1.165) is 4.47 Å². The number of primary amides is 1. The Labute approximate surface area is 129 Å². The fourth-order valence-electron chi connectivity index (χ4n) is 1.77. The summed E-state index contributed by atoms with van der Waals surface area (Å²) in [5.74, 6) is -1.56. The lowest BCUT2D eigenvalue weighted by molar-refractivity contribution is 0.0696. The average molecular weight is 350 g/mol. The van der Waals surface area contributed by atoms with Crippen LogP contribution < -0.4 is 11.1 Å². The highest BCUT2D eigenvalue weighted by Crippen LogP contribution is 2.21. The minimum absolute atomic E-state index is 0.158. The molecule has 2 rings (SSSR count). The molecule has 2 aromatic rings. The Morgan fingerprint density at radius 1 is 1.29 bits per heavy atom. The number of carbonyl (C=O) groups excluding carboxylic acids is 1. The topological polar surface area (TPSA) is 105 Å². The molecular formula is C14H12BrN3O3. The number of carboxylic acids is 1. The Hall–Kier alpha value is -2.41. The van der Waals surface area contributed by atoms with Gasteiger partial charge in [-0.3, -0.25) is 9.78 Å². The highest BCUT2D eigenvalue weighted by molar-refractivity contribution is 9.10. The highest BCUT2D eigenvalue weighted by atomic mass is 79.9. The molecular weight excluding hydrogens is 338 g/mol. The molecule has 6 nitrogen and oxygen atoms in total. The third-order valence-electron chi connectivity index (χ3n) is 2.77. The van der Waals surface area contributed by atoms with Crippen molar-refractivity contribution in [2.45, 2.75) is 6.54 Å². The summed E-state index contributed by atoms with van der Waals surface area (Å²) >= 11 is 3.32. The van der Waals surface area contributed by atoms with Crippen molar-refractivity contribution in [1.29, 1.82) is 0 Å². The van der Waals surface area contributed by atoms with Crippen LogP contribution in [0.25, 0.3) is 0 Å². The fourth-order valence-corrected chi connectivity index (χ4v) is 2.13. The molecule has 1 aromatic heterocycles. The van der Waals surface area contributed by atoms with Crippen molar-refractivity contribution >= 4 is 33.5 Å². The van der Waals surface area contributed by atoms with Gasteiger partial charge in [-0.25, -0.2) is 4.79 Å². The molecule has 0 aliphatic heterocycles. The Bertz CT molecular complexity index is 704. The van der Waals surface area contributed by atoms with Crippen LogP contribution in [0.15, 0.2) is 41.0 Å². The van der Waals surface area contributed by atoms with Gasteiger partial charge >= 0.3 is 5.97 Å². The van der Waals surface area contributed by atoms with Crippen LogP contribution in [0.4, 0.5) is 5.69 Å². The van der Waals surface area contributed by atoms with Gasteiger partial charge in [-0.05, 0) is 30.3 Å². The number of aromatic carboxylic acids is 1. The van der Waals surface area contributed by atoms with Crippen molar-refractivity contribution in [2.24, 2.45) is 5.73 Å². The zero-order valence-electron chi connectivity index (χ0n) is 10.8. The number of hydrogen-bond donors (Lipinski definition) is 3. The van der Waals surface area contributed by atoms with E-state index in [1.165, 1.54) is 18.3 Å². The molecule has 0 bridgehead atoms. The number of benzene rings is 1. The summed E-state index contributed by atoms with van der Waals surface area (Å²) in [6.45, 7) is 0.276. The van der Waals surface area contributed by atoms with Gasteiger partial charge in [0.1, 0.15) is 0 Å². The predicted molar refractivity (Wildman–Crippen MR) is 81.2 cm³/mol.